The number of hydroxylamine groups is 1. The van der Waals surface area contributed by atoms with E-state index >= 15 is 0 Å². The lowest BCUT2D eigenvalue weighted by Crippen LogP contribution is -2.13. The molecule has 0 aliphatic carbocycles. The molecule has 1 aromatic carbocycles. The number of aliphatic imine (C=N–C) groups is 1. The predicted molar refractivity (Wildman–Crippen MR) is 74.3 cm³/mol. The maximum Gasteiger partial charge on any atom is 0.185 e. The minimum atomic E-state index is 0.376. The molecule has 98 valence electrons. The number of nitrogens with one attached hydrogen (secondary N) is 1. The van der Waals surface area contributed by atoms with Crippen molar-refractivity contribution in [1.82, 2.24) is 10.6 Å². The molecular weight excluding hydrogens is 242 g/mol. The van der Waals surface area contributed by atoms with Crippen LogP contribution in [0.5, 0.6) is 0 Å². The summed E-state index contributed by atoms with van der Waals surface area (Å²) in [6.45, 7) is 3.45. The predicted octanol–water partition coefficient (Wildman–Crippen LogP) is 3.18. The summed E-state index contributed by atoms with van der Waals surface area (Å²) in [6.07, 6.45) is 3.72. The van der Waals surface area contributed by atoms with Crippen molar-refractivity contribution in [2.24, 2.45) is 4.99 Å². The van der Waals surface area contributed by atoms with Gasteiger partial charge in [-0.2, -0.15) is 0 Å². The zero-order chi connectivity index (χ0) is 13.7. The maximum absolute atomic E-state index is 8.77. The minimum Gasteiger partial charge on any atom is -0.354 e. The Bertz CT molecular complexity index is 600. The molecule has 0 radical (unpaired) electrons. The number of nitrogens with zero attached hydrogens (tertiary/aromatic N) is 2. The van der Waals surface area contributed by atoms with Crippen LogP contribution in [0, 0.1) is 6.92 Å². The van der Waals surface area contributed by atoms with Gasteiger partial charge in [-0.3, -0.25) is 10.7 Å². The monoisotopic (exact) mass is 257 g/mol. The van der Waals surface area contributed by atoms with Crippen molar-refractivity contribution in [2.45, 2.75) is 13.8 Å². The van der Waals surface area contributed by atoms with Gasteiger partial charge in [-0.25, -0.2) is 4.99 Å². The molecule has 2 aromatic rings. The summed E-state index contributed by atoms with van der Waals surface area (Å²) in [5.41, 5.74) is 4.32. The highest BCUT2D eigenvalue weighted by Crippen LogP contribution is 2.25. The van der Waals surface area contributed by atoms with Crippen LogP contribution in [-0.4, -0.2) is 16.2 Å². The van der Waals surface area contributed by atoms with Crippen LogP contribution in [0.2, 0.25) is 0 Å². The number of aryl methyl sites for hydroxylation is 1. The first kappa shape index (κ1) is 13.0. The van der Waals surface area contributed by atoms with E-state index < -0.39 is 0 Å². The fourth-order valence-electron chi connectivity index (χ4n) is 1.56. The first-order valence-corrected chi connectivity index (χ1v) is 5.85. The van der Waals surface area contributed by atoms with Crippen LogP contribution < -0.4 is 5.48 Å². The summed E-state index contributed by atoms with van der Waals surface area (Å²) in [5.74, 6) is 0.927. The normalized spacial score (nSPS) is 12.1. The molecule has 0 amide bonds. The van der Waals surface area contributed by atoms with E-state index in [2.05, 4.69) is 10.1 Å². The molecule has 0 saturated heterocycles. The van der Waals surface area contributed by atoms with Gasteiger partial charge in [0.2, 0.25) is 0 Å². The zero-order valence-corrected chi connectivity index (χ0v) is 10.8. The van der Waals surface area contributed by atoms with Crippen molar-refractivity contribution < 1.29 is 9.73 Å². The van der Waals surface area contributed by atoms with E-state index in [0.717, 1.165) is 5.56 Å². The van der Waals surface area contributed by atoms with E-state index in [1.807, 2.05) is 41.9 Å². The highest BCUT2D eigenvalue weighted by Gasteiger charge is 2.09. The Morgan fingerprint density at radius 3 is 2.74 bits per heavy atom. The molecule has 0 bridgehead atoms. The van der Waals surface area contributed by atoms with E-state index in [1.54, 1.807) is 19.9 Å². The van der Waals surface area contributed by atoms with E-state index in [9.17, 15) is 0 Å². The second-order valence-corrected chi connectivity index (χ2v) is 4.03. The molecule has 0 aliphatic rings. The molecule has 0 saturated carbocycles. The average molecular weight is 257 g/mol. The second kappa shape index (κ2) is 5.97. The molecule has 0 unspecified atom stereocenters. The molecule has 0 spiro atoms. The number of hydrogen-bond acceptors (Lipinski definition) is 4. The largest absolute Gasteiger partial charge is 0.354 e. The Morgan fingerprint density at radius 2 is 2.05 bits per heavy atom. The van der Waals surface area contributed by atoms with Gasteiger partial charge >= 0.3 is 0 Å². The molecule has 0 fully saturated rings. The van der Waals surface area contributed by atoms with Crippen molar-refractivity contribution in [1.29, 1.82) is 0 Å². The van der Waals surface area contributed by atoms with Crippen molar-refractivity contribution >= 4 is 23.7 Å². The molecule has 1 aromatic heterocycles. The van der Waals surface area contributed by atoms with Crippen molar-refractivity contribution in [3.8, 4) is 0 Å². The number of hydrogen-bond donors (Lipinski definition) is 2. The average Bonchev–Trinajstić information content (AvgIpc) is 2.78. The molecule has 5 nitrogen and oxygen atoms in total. The van der Waals surface area contributed by atoms with Crippen molar-refractivity contribution in [3.63, 3.8) is 0 Å². The highest BCUT2D eigenvalue weighted by atomic mass is 16.5. The van der Waals surface area contributed by atoms with E-state index in [4.69, 9.17) is 9.73 Å². The first-order valence-electron chi connectivity index (χ1n) is 5.85. The standard InChI is InChI=1S/C14H15N3O2/c1-10-14(15-11(2)16-18)13(19-17-10)9-8-12-6-4-3-5-7-12/h3-9,18H,1-2H3,(H,15,16). The van der Waals surface area contributed by atoms with Crippen LogP contribution in [0.4, 0.5) is 5.69 Å². The van der Waals surface area contributed by atoms with Gasteiger partial charge in [-0.1, -0.05) is 41.6 Å². The van der Waals surface area contributed by atoms with Gasteiger partial charge in [0.1, 0.15) is 17.2 Å². The Balaban J connectivity index is 2.29. The SMILES string of the molecule is CC(=Nc1c(C)noc1C=Cc1ccccc1)NO. The van der Waals surface area contributed by atoms with Crippen LogP contribution in [-0.2, 0) is 0 Å². The molecular formula is C14H15N3O2. The quantitative estimate of drug-likeness (QED) is 0.503. The number of rotatable bonds is 3. The lowest BCUT2D eigenvalue weighted by Gasteiger charge is -1.96. The highest BCUT2D eigenvalue weighted by molar-refractivity contribution is 5.83. The van der Waals surface area contributed by atoms with E-state index in [1.165, 1.54) is 0 Å². The zero-order valence-electron chi connectivity index (χ0n) is 10.8. The lowest BCUT2D eigenvalue weighted by atomic mass is 10.2. The van der Waals surface area contributed by atoms with Gasteiger partial charge in [-0.15, -0.1) is 0 Å². The second-order valence-electron chi connectivity index (χ2n) is 4.03. The summed E-state index contributed by atoms with van der Waals surface area (Å²) in [5, 5.41) is 12.6. The first-order chi connectivity index (χ1) is 9.20. The lowest BCUT2D eigenvalue weighted by molar-refractivity contribution is 0.234. The molecule has 0 aliphatic heterocycles. The third kappa shape index (κ3) is 3.29. The Labute approximate surface area is 111 Å². The van der Waals surface area contributed by atoms with Crippen LogP contribution >= 0.6 is 0 Å². The fraction of sp³-hybridized carbons (Fsp3) is 0.143. The molecule has 2 N–H and O–H groups in total. The topological polar surface area (TPSA) is 70.7 Å². The van der Waals surface area contributed by atoms with Gasteiger partial charge in [0.05, 0.1) is 0 Å². The van der Waals surface area contributed by atoms with Crippen LogP contribution in [0.25, 0.3) is 12.2 Å². The third-order valence-electron chi connectivity index (χ3n) is 2.53. The molecule has 5 heteroatoms. The van der Waals surface area contributed by atoms with Crippen molar-refractivity contribution in [3.05, 3.63) is 47.3 Å². The van der Waals surface area contributed by atoms with E-state index in [0.29, 0.717) is 23.0 Å². The smallest absolute Gasteiger partial charge is 0.185 e. The molecule has 19 heavy (non-hydrogen) atoms. The van der Waals surface area contributed by atoms with Crippen molar-refractivity contribution in [2.75, 3.05) is 0 Å². The minimum absolute atomic E-state index is 0.376. The van der Waals surface area contributed by atoms with Crippen LogP contribution in [0.15, 0.2) is 39.8 Å². The summed E-state index contributed by atoms with van der Waals surface area (Å²) >= 11 is 0. The van der Waals surface area contributed by atoms with Gasteiger partial charge in [0.15, 0.2) is 5.76 Å². The molecule has 1 heterocycles. The number of benzene rings is 1. The Hall–Kier alpha value is -2.40. The van der Waals surface area contributed by atoms with Crippen LogP contribution in [0.1, 0.15) is 23.9 Å². The Kier molecular flexibility index (Phi) is 4.10. The fourth-order valence-corrected chi connectivity index (χ4v) is 1.56. The van der Waals surface area contributed by atoms with E-state index in [-0.39, 0.29) is 0 Å². The summed E-state index contributed by atoms with van der Waals surface area (Å²) in [7, 11) is 0. The number of aromatic nitrogens is 1. The van der Waals surface area contributed by atoms with Gasteiger partial charge in [0, 0.05) is 0 Å². The summed E-state index contributed by atoms with van der Waals surface area (Å²) < 4.78 is 5.21. The summed E-state index contributed by atoms with van der Waals surface area (Å²) in [4.78, 5) is 4.20. The molecule has 0 atom stereocenters. The number of amidine groups is 1. The maximum atomic E-state index is 8.77. The Morgan fingerprint density at radius 1 is 1.32 bits per heavy atom. The van der Waals surface area contributed by atoms with Gasteiger partial charge in [0.25, 0.3) is 0 Å². The van der Waals surface area contributed by atoms with Crippen LogP contribution in [0.3, 0.4) is 0 Å². The van der Waals surface area contributed by atoms with Gasteiger partial charge < -0.3 is 4.52 Å². The van der Waals surface area contributed by atoms with Gasteiger partial charge in [-0.05, 0) is 25.5 Å². The third-order valence-corrected chi connectivity index (χ3v) is 2.53. The molecule has 2 rings (SSSR count). The summed E-state index contributed by atoms with van der Waals surface area (Å²) in [6, 6.07) is 9.86.